The van der Waals surface area contributed by atoms with E-state index in [2.05, 4.69) is 82.3 Å². The SMILES string of the molecule is CCc1ncc(-c2ccc(-c3ccc(-c4cnc(CC)[nH]4)cc3)cc2)[nH]1. The lowest BCUT2D eigenvalue weighted by Crippen LogP contribution is -1.84. The van der Waals surface area contributed by atoms with Gasteiger partial charge in [0, 0.05) is 12.8 Å². The van der Waals surface area contributed by atoms with Gasteiger partial charge in [0.05, 0.1) is 23.8 Å². The number of hydrogen-bond acceptors (Lipinski definition) is 2. The second kappa shape index (κ2) is 7.00. The summed E-state index contributed by atoms with van der Waals surface area (Å²) in [4.78, 5) is 15.4. The van der Waals surface area contributed by atoms with Crippen LogP contribution in [0.25, 0.3) is 33.6 Å². The molecule has 2 aromatic carbocycles. The second-order valence-electron chi connectivity index (χ2n) is 6.35. The molecule has 4 aromatic rings. The number of aromatic amines is 2. The van der Waals surface area contributed by atoms with E-state index in [4.69, 9.17) is 0 Å². The molecule has 0 atom stereocenters. The zero-order chi connectivity index (χ0) is 17.9. The summed E-state index contributed by atoms with van der Waals surface area (Å²) in [6, 6.07) is 17.2. The zero-order valence-corrected chi connectivity index (χ0v) is 15.1. The van der Waals surface area contributed by atoms with Crippen LogP contribution in [-0.2, 0) is 12.8 Å². The van der Waals surface area contributed by atoms with Gasteiger partial charge in [0.25, 0.3) is 0 Å². The number of benzene rings is 2. The Morgan fingerprint density at radius 1 is 0.577 bits per heavy atom. The molecular formula is C22H22N4. The molecule has 0 radical (unpaired) electrons. The third-order valence-electron chi connectivity index (χ3n) is 4.65. The van der Waals surface area contributed by atoms with E-state index in [-0.39, 0.29) is 0 Å². The molecule has 0 bridgehead atoms. The Balaban J connectivity index is 1.55. The van der Waals surface area contributed by atoms with Crippen LogP contribution in [0, 0.1) is 0 Å². The largest absolute Gasteiger partial charge is 0.342 e. The minimum absolute atomic E-state index is 0.917. The monoisotopic (exact) mass is 342 g/mol. The van der Waals surface area contributed by atoms with Gasteiger partial charge in [0.15, 0.2) is 0 Å². The number of hydrogen-bond donors (Lipinski definition) is 2. The van der Waals surface area contributed by atoms with Gasteiger partial charge in [-0.25, -0.2) is 9.97 Å². The zero-order valence-electron chi connectivity index (χ0n) is 15.1. The lowest BCUT2D eigenvalue weighted by atomic mass is 10.0. The lowest BCUT2D eigenvalue weighted by Gasteiger charge is -2.05. The van der Waals surface area contributed by atoms with E-state index in [0.717, 1.165) is 47.0 Å². The molecule has 0 spiro atoms. The topological polar surface area (TPSA) is 57.4 Å². The molecule has 0 fully saturated rings. The van der Waals surface area contributed by atoms with Crippen LogP contribution in [-0.4, -0.2) is 19.9 Å². The van der Waals surface area contributed by atoms with Crippen molar-refractivity contribution in [2.24, 2.45) is 0 Å². The van der Waals surface area contributed by atoms with Gasteiger partial charge in [-0.2, -0.15) is 0 Å². The van der Waals surface area contributed by atoms with Gasteiger partial charge >= 0.3 is 0 Å². The van der Waals surface area contributed by atoms with Crippen molar-refractivity contribution in [3.05, 3.63) is 72.6 Å². The summed E-state index contributed by atoms with van der Waals surface area (Å²) < 4.78 is 0. The average Bonchev–Trinajstić information content (AvgIpc) is 3.38. The molecule has 2 heterocycles. The number of nitrogens with zero attached hydrogens (tertiary/aromatic N) is 2. The number of aromatic nitrogens is 4. The van der Waals surface area contributed by atoms with Gasteiger partial charge < -0.3 is 9.97 Å². The van der Waals surface area contributed by atoms with E-state index in [0.29, 0.717) is 0 Å². The molecule has 0 unspecified atom stereocenters. The maximum absolute atomic E-state index is 4.37. The molecule has 0 saturated carbocycles. The summed E-state index contributed by atoms with van der Waals surface area (Å²) >= 11 is 0. The van der Waals surface area contributed by atoms with Crippen LogP contribution < -0.4 is 0 Å². The van der Waals surface area contributed by atoms with E-state index in [1.807, 2.05) is 12.4 Å². The molecule has 2 N–H and O–H groups in total. The first-order valence-corrected chi connectivity index (χ1v) is 9.06. The van der Waals surface area contributed by atoms with Crippen molar-refractivity contribution in [3.8, 4) is 33.6 Å². The first-order valence-electron chi connectivity index (χ1n) is 9.06. The van der Waals surface area contributed by atoms with Gasteiger partial charge in [0.1, 0.15) is 11.6 Å². The fourth-order valence-corrected chi connectivity index (χ4v) is 3.06. The van der Waals surface area contributed by atoms with Crippen molar-refractivity contribution in [2.75, 3.05) is 0 Å². The number of rotatable bonds is 5. The van der Waals surface area contributed by atoms with Gasteiger partial charge in [-0.1, -0.05) is 62.4 Å². The first-order chi connectivity index (χ1) is 12.8. The molecule has 0 aliphatic heterocycles. The van der Waals surface area contributed by atoms with Crippen molar-refractivity contribution >= 4 is 0 Å². The Hall–Kier alpha value is -3.14. The highest BCUT2D eigenvalue weighted by molar-refractivity contribution is 5.71. The standard InChI is InChI=1S/C22H22N4/c1-3-21-23-13-19(25-21)17-9-5-15(6-10-17)16-7-11-18(12-8-16)20-14-24-22(4-2)26-20/h5-14H,3-4H2,1-2H3,(H,23,25)(H,24,26). The molecule has 0 aliphatic carbocycles. The van der Waals surface area contributed by atoms with Crippen LogP contribution in [0.1, 0.15) is 25.5 Å². The van der Waals surface area contributed by atoms with Gasteiger partial charge in [-0.05, 0) is 22.3 Å². The summed E-state index contributed by atoms with van der Waals surface area (Å²) in [7, 11) is 0. The third-order valence-corrected chi connectivity index (χ3v) is 4.65. The van der Waals surface area contributed by atoms with Crippen LogP contribution in [0.4, 0.5) is 0 Å². The Morgan fingerprint density at radius 2 is 0.923 bits per heavy atom. The van der Waals surface area contributed by atoms with Gasteiger partial charge in [-0.15, -0.1) is 0 Å². The first kappa shape index (κ1) is 16.3. The fourth-order valence-electron chi connectivity index (χ4n) is 3.06. The smallest absolute Gasteiger partial charge is 0.106 e. The summed E-state index contributed by atoms with van der Waals surface area (Å²) in [6.45, 7) is 4.20. The molecule has 0 amide bonds. The highest BCUT2D eigenvalue weighted by atomic mass is 14.9. The predicted molar refractivity (Wildman–Crippen MR) is 106 cm³/mol. The van der Waals surface area contributed by atoms with Crippen molar-refractivity contribution < 1.29 is 0 Å². The minimum atomic E-state index is 0.917. The molecule has 4 heteroatoms. The fraction of sp³-hybridized carbons (Fsp3) is 0.182. The number of H-pyrrole nitrogens is 2. The highest BCUT2D eigenvalue weighted by Crippen LogP contribution is 2.26. The summed E-state index contributed by atoms with van der Waals surface area (Å²) in [6.07, 6.45) is 5.64. The van der Waals surface area contributed by atoms with Gasteiger partial charge in [0.2, 0.25) is 0 Å². The van der Waals surface area contributed by atoms with Crippen LogP contribution >= 0.6 is 0 Å². The maximum atomic E-state index is 4.37. The Kier molecular flexibility index (Phi) is 4.40. The molecule has 0 aliphatic rings. The molecular weight excluding hydrogens is 320 g/mol. The Bertz CT molecular complexity index is 908. The molecule has 2 aromatic heterocycles. The molecule has 4 nitrogen and oxygen atoms in total. The van der Waals surface area contributed by atoms with E-state index in [1.165, 1.54) is 11.1 Å². The van der Waals surface area contributed by atoms with Crippen LogP contribution in [0.3, 0.4) is 0 Å². The van der Waals surface area contributed by atoms with Crippen LogP contribution in [0.2, 0.25) is 0 Å². The van der Waals surface area contributed by atoms with E-state index < -0.39 is 0 Å². The Labute approximate surface area is 153 Å². The van der Waals surface area contributed by atoms with Crippen LogP contribution in [0.15, 0.2) is 60.9 Å². The number of aryl methyl sites for hydroxylation is 2. The summed E-state index contributed by atoms with van der Waals surface area (Å²) in [5, 5.41) is 0. The molecule has 0 saturated heterocycles. The number of imidazole rings is 2. The summed E-state index contributed by atoms with van der Waals surface area (Å²) in [5.41, 5.74) is 6.84. The van der Waals surface area contributed by atoms with E-state index in [1.54, 1.807) is 0 Å². The van der Waals surface area contributed by atoms with E-state index in [9.17, 15) is 0 Å². The molecule has 4 rings (SSSR count). The van der Waals surface area contributed by atoms with Crippen molar-refractivity contribution in [3.63, 3.8) is 0 Å². The predicted octanol–water partition coefficient (Wildman–Crippen LogP) is 5.26. The second-order valence-corrected chi connectivity index (χ2v) is 6.35. The highest BCUT2D eigenvalue weighted by Gasteiger charge is 2.05. The minimum Gasteiger partial charge on any atom is -0.342 e. The third kappa shape index (κ3) is 3.18. The lowest BCUT2D eigenvalue weighted by molar-refractivity contribution is 0.990. The summed E-state index contributed by atoms with van der Waals surface area (Å²) in [5.74, 6) is 2.04. The van der Waals surface area contributed by atoms with Crippen LogP contribution in [0.5, 0.6) is 0 Å². The Morgan fingerprint density at radius 3 is 1.23 bits per heavy atom. The average molecular weight is 342 g/mol. The number of nitrogens with one attached hydrogen (secondary N) is 2. The van der Waals surface area contributed by atoms with Crippen molar-refractivity contribution in [2.45, 2.75) is 26.7 Å². The normalized spacial score (nSPS) is 11.0. The van der Waals surface area contributed by atoms with Crippen molar-refractivity contribution in [1.82, 2.24) is 19.9 Å². The van der Waals surface area contributed by atoms with Gasteiger partial charge in [-0.3, -0.25) is 0 Å². The van der Waals surface area contributed by atoms with Crippen molar-refractivity contribution in [1.29, 1.82) is 0 Å². The molecule has 130 valence electrons. The van der Waals surface area contributed by atoms with E-state index >= 15 is 0 Å². The molecule has 26 heavy (non-hydrogen) atoms. The quantitative estimate of drug-likeness (QED) is 0.520. The maximum Gasteiger partial charge on any atom is 0.106 e.